The van der Waals surface area contributed by atoms with Crippen molar-refractivity contribution >= 4 is 22.8 Å². The van der Waals surface area contributed by atoms with Gasteiger partial charge >= 0.3 is 0 Å². The lowest BCUT2D eigenvalue weighted by Gasteiger charge is -2.30. The van der Waals surface area contributed by atoms with Gasteiger partial charge in [0.2, 0.25) is 5.95 Å². The molecule has 0 aliphatic carbocycles. The maximum absolute atomic E-state index is 5.80. The summed E-state index contributed by atoms with van der Waals surface area (Å²) in [6, 6.07) is 3.76. The molecule has 5 nitrogen and oxygen atoms in total. The molecule has 108 valence electrons. The minimum atomic E-state index is 0.00124. The van der Waals surface area contributed by atoms with Gasteiger partial charge in [-0.15, -0.1) is 0 Å². The van der Waals surface area contributed by atoms with Gasteiger partial charge in [0, 0.05) is 11.7 Å². The Bertz CT molecular complexity index is 583. The minimum absolute atomic E-state index is 0.00124. The van der Waals surface area contributed by atoms with Crippen molar-refractivity contribution in [2.45, 2.75) is 52.0 Å². The third-order valence-corrected chi connectivity index (χ3v) is 3.75. The first-order valence-corrected chi connectivity index (χ1v) is 7.24. The third kappa shape index (κ3) is 3.15. The number of fused-ring (bicyclic) bond motifs is 1. The molecule has 2 aromatic heterocycles. The van der Waals surface area contributed by atoms with E-state index in [9.17, 15) is 0 Å². The summed E-state index contributed by atoms with van der Waals surface area (Å²) in [5.74, 6) is 1.01. The summed E-state index contributed by atoms with van der Waals surface area (Å²) in [6.45, 7) is 6.61. The number of hydrogen-bond acceptors (Lipinski definition) is 5. The van der Waals surface area contributed by atoms with Crippen LogP contribution in [-0.4, -0.2) is 20.5 Å². The minimum Gasteiger partial charge on any atom is -0.368 e. The molecule has 2 heterocycles. The molecule has 1 unspecified atom stereocenters. The number of nitrogens with zero attached hydrogens (tertiary/aromatic N) is 3. The Labute approximate surface area is 120 Å². The molecule has 0 bridgehead atoms. The number of rotatable bonds is 6. The molecule has 0 saturated heterocycles. The van der Waals surface area contributed by atoms with Crippen molar-refractivity contribution in [2.24, 2.45) is 0 Å². The van der Waals surface area contributed by atoms with Crippen LogP contribution in [0.2, 0.25) is 0 Å². The molecule has 1 atom stereocenters. The van der Waals surface area contributed by atoms with E-state index in [1.807, 2.05) is 12.1 Å². The van der Waals surface area contributed by atoms with Gasteiger partial charge in [0.05, 0.1) is 5.52 Å². The molecule has 0 spiro atoms. The lowest BCUT2D eigenvalue weighted by atomic mass is 9.92. The molecule has 2 rings (SSSR count). The summed E-state index contributed by atoms with van der Waals surface area (Å²) in [4.78, 5) is 12.9. The van der Waals surface area contributed by atoms with Crippen LogP contribution in [0.1, 0.15) is 46.5 Å². The molecule has 0 saturated carbocycles. The fourth-order valence-electron chi connectivity index (χ4n) is 2.25. The van der Waals surface area contributed by atoms with Crippen LogP contribution in [0, 0.1) is 0 Å². The van der Waals surface area contributed by atoms with Crippen molar-refractivity contribution in [3.05, 3.63) is 18.3 Å². The van der Waals surface area contributed by atoms with Crippen LogP contribution in [0.15, 0.2) is 18.3 Å². The molecule has 5 heteroatoms. The number of nitrogen functional groups attached to an aromatic ring is 1. The van der Waals surface area contributed by atoms with Gasteiger partial charge in [-0.3, -0.25) is 4.98 Å². The maximum Gasteiger partial charge on any atom is 0.222 e. The van der Waals surface area contributed by atoms with E-state index in [1.54, 1.807) is 6.20 Å². The van der Waals surface area contributed by atoms with Crippen LogP contribution < -0.4 is 11.1 Å². The largest absolute Gasteiger partial charge is 0.368 e. The Morgan fingerprint density at radius 1 is 1.30 bits per heavy atom. The quantitative estimate of drug-likeness (QED) is 0.843. The van der Waals surface area contributed by atoms with Gasteiger partial charge in [0.1, 0.15) is 5.52 Å². The highest BCUT2D eigenvalue weighted by Crippen LogP contribution is 2.27. The normalized spacial score (nSPS) is 14.2. The number of nitrogens with one attached hydrogen (secondary N) is 1. The van der Waals surface area contributed by atoms with Gasteiger partial charge in [-0.1, -0.05) is 26.7 Å². The number of nitrogens with two attached hydrogens (primary N) is 1. The van der Waals surface area contributed by atoms with Crippen LogP contribution in [0.5, 0.6) is 0 Å². The summed E-state index contributed by atoms with van der Waals surface area (Å²) in [7, 11) is 0. The predicted octanol–water partition coefficient (Wildman–Crippen LogP) is 3.38. The van der Waals surface area contributed by atoms with E-state index in [2.05, 4.69) is 41.0 Å². The number of anilines is 2. The van der Waals surface area contributed by atoms with Gasteiger partial charge in [-0.05, 0) is 31.9 Å². The van der Waals surface area contributed by atoms with E-state index < -0.39 is 0 Å². The van der Waals surface area contributed by atoms with Gasteiger partial charge in [0.25, 0.3) is 0 Å². The Balaban J connectivity index is 2.36. The number of hydrogen-bond donors (Lipinski definition) is 2. The van der Waals surface area contributed by atoms with E-state index in [-0.39, 0.29) is 11.5 Å². The summed E-state index contributed by atoms with van der Waals surface area (Å²) >= 11 is 0. The predicted molar refractivity (Wildman–Crippen MR) is 83.6 cm³/mol. The molecule has 2 aromatic rings. The maximum atomic E-state index is 5.80. The van der Waals surface area contributed by atoms with E-state index in [4.69, 9.17) is 5.73 Å². The average molecular weight is 273 g/mol. The van der Waals surface area contributed by atoms with E-state index >= 15 is 0 Å². The summed E-state index contributed by atoms with van der Waals surface area (Å²) < 4.78 is 0. The van der Waals surface area contributed by atoms with Crippen molar-refractivity contribution in [2.75, 3.05) is 11.1 Å². The molecule has 20 heavy (non-hydrogen) atoms. The van der Waals surface area contributed by atoms with Crippen LogP contribution in [0.25, 0.3) is 11.0 Å². The zero-order chi connectivity index (χ0) is 14.6. The van der Waals surface area contributed by atoms with E-state index in [0.29, 0.717) is 0 Å². The molecular weight excluding hydrogens is 250 g/mol. The molecular formula is C15H23N5. The van der Waals surface area contributed by atoms with Crippen LogP contribution in [0.4, 0.5) is 11.8 Å². The second kappa shape index (κ2) is 6.03. The topological polar surface area (TPSA) is 76.7 Å². The molecule has 0 fully saturated rings. The molecule has 3 N–H and O–H groups in total. The molecule has 0 aliphatic rings. The van der Waals surface area contributed by atoms with Crippen molar-refractivity contribution < 1.29 is 0 Å². The van der Waals surface area contributed by atoms with Gasteiger partial charge in [0.15, 0.2) is 5.82 Å². The van der Waals surface area contributed by atoms with Gasteiger partial charge < -0.3 is 11.1 Å². The first-order chi connectivity index (χ1) is 9.58. The standard InChI is InChI=1S/C15H23N5/c1-4-6-9-15(3,5-2)20-13-12-11(8-7-10-17-12)18-14(16)19-13/h7-8,10H,4-6,9H2,1-3H3,(H3,16,18,19,20). The van der Waals surface area contributed by atoms with Crippen molar-refractivity contribution in [1.29, 1.82) is 0 Å². The number of unbranched alkanes of at least 4 members (excludes halogenated alkanes) is 1. The third-order valence-electron chi connectivity index (χ3n) is 3.75. The van der Waals surface area contributed by atoms with Crippen LogP contribution >= 0.6 is 0 Å². The van der Waals surface area contributed by atoms with Crippen molar-refractivity contribution in [3.63, 3.8) is 0 Å². The van der Waals surface area contributed by atoms with Gasteiger partial charge in [-0.2, -0.15) is 4.98 Å². The smallest absolute Gasteiger partial charge is 0.222 e. The zero-order valence-electron chi connectivity index (χ0n) is 12.5. The van der Waals surface area contributed by atoms with Crippen LogP contribution in [-0.2, 0) is 0 Å². The van der Waals surface area contributed by atoms with Crippen LogP contribution in [0.3, 0.4) is 0 Å². The SMILES string of the molecule is CCCCC(C)(CC)Nc1nc(N)nc2cccnc12. The molecule has 0 aliphatic heterocycles. The lowest BCUT2D eigenvalue weighted by molar-refractivity contribution is 0.438. The lowest BCUT2D eigenvalue weighted by Crippen LogP contribution is -2.34. The molecule has 0 radical (unpaired) electrons. The Kier molecular flexibility index (Phi) is 4.37. The average Bonchev–Trinajstić information content (AvgIpc) is 2.45. The van der Waals surface area contributed by atoms with Crippen molar-refractivity contribution in [3.8, 4) is 0 Å². The van der Waals surface area contributed by atoms with E-state index in [1.165, 1.54) is 12.8 Å². The Morgan fingerprint density at radius 2 is 2.10 bits per heavy atom. The first-order valence-electron chi connectivity index (χ1n) is 7.24. The summed E-state index contributed by atoms with van der Waals surface area (Å²) in [5, 5.41) is 3.53. The fourth-order valence-corrected chi connectivity index (χ4v) is 2.25. The van der Waals surface area contributed by atoms with Gasteiger partial charge in [-0.25, -0.2) is 4.98 Å². The monoisotopic (exact) mass is 273 g/mol. The highest BCUT2D eigenvalue weighted by Gasteiger charge is 2.23. The Morgan fingerprint density at radius 3 is 2.80 bits per heavy atom. The summed E-state index contributed by atoms with van der Waals surface area (Å²) in [6.07, 6.45) is 6.23. The number of aromatic nitrogens is 3. The first kappa shape index (κ1) is 14.5. The highest BCUT2D eigenvalue weighted by molar-refractivity contribution is 5.86. The zero-order valence-corrected chi connectivity index (χ0v) is 12.5. The highest BCUT2D eigenvalue weighted by atomic mass is 15.1. The fraction of sp³-hybridized carbons (Fsp3) is 0.533. The van der Waals surface area contributed by atoms with Crippen molar-refractivity contribution in [1.82, 2.24) is 15.0 Å². The second-order valence-electron chi connectivity index (χ2n) is 5.44. The summed E-state index contributed by atoms with van der Waals surface area (Å²) in [5.41, 5.74) is 7.35. The number of pyridine rings is 1. The second-order valence-corrected chi connectivity index (χ2v) is 5.44. The Hall–Kier alpha value is -1.91. The molecule has 0 aromatic carbocycles. The molecule has 0 amide bonds. The van der Waals surface area contributed by atoms with E-state index in [0.717, 1.165) is 29.7 Å².